The number of nitrogens with zero attached hydrogens (tertiary/aromatic N) is 2. The molecule has 0 spiro atoms. The zero-order valence-corrected chi connectivity index (χ0v) is 15.0. The number of urea groups is 1. The van der Waals surface area contributed by atoms with Crippen LogP contribution in [0.5, 0.6) is 0 Å². The van der Waals surface area contributed by atoms with Gasteiger partial charge in [0.1, 0.15) is 11.4 Å². The maximum Gasteiger partial charge on any atom is 0.324 e. The van der Waals surface area contributed by atoms with Crippen molar-refractivity contribution in [3.63, 3.8) is 0 Å². The summed E-state index contributed by atoms with van der Waals surface area (Å²) in [6.07, 6.45) is 0.125. The largest absolute Gasteiger partial charge is 0.460 e. The maximum atomic E-state index is 14.0. The Morgan fingerprint density at radius 1 is 1.35 bits per heavy atom. The first-order valence-electron chi connectivity index (χ1n) is 7.41. The number of benzene rings is 1. The van der Waals surface area contributed by atoms with Gasteiger partial charge in [-0.05, 0) is 39.0 Å². The van der Waals surface area contributed by atoms with Crippen LogP contribution in [0.15, 0.2) is 22.7 Å². The Bertz CT molecular complexity index is 616. The molecule has 23 heavy (non-hydrogen) atoms. The Hall–Kier alpha value is -1.63. The SMILES string of the molecule is CC(C)(C)OC(=O)CCN1CCN(c2ccc(Br)cc2F)C1=O. The third-order valence-electron chi connectivity index (χ3n) is 3.30. The van der Waals surface area contributed by atoms with Crippen LogP contribution in [-0.2, 0) is 9.53 Å². The molecule has 1 fully saturated rings. The van der Waals surface area contributed by atoms with E-state index in [-0.39, 0.29) is 30.7 Å². The number of amides is 2. The number of anilines is 1. The number of hydrogen-bond acceptors (Lipinski definition) is 3. The van der Waals surface area contributed by atoms with Crippen LogP contribution < -0.4 is 4.90 Å². The zero-order chi connectivity index (χ0) is 17.2. The van der Waals surface area contributed by atoms with Gasteiger partial charge in [0.2, 0.25) is 0 Å². The maximum absolute atomic E-state index is 14.0. The molecule has 2 rings (SSSR count). The molecule has 126 valence electrons. The molecule has 1 saturated heterocycles. The molecule has 2 amide bonds. The first kappa shape index (κ1) is 17.7. The number of esters is 1. The molecule has 1 heterocycles. The highest BCUT2D eigenvalue weighted by Crippen LogP contribution is 2.26. The number of ether oxygens (including phenoxy) is 1. The molecule has 0 bridgehead atoms. The Kier molecular flexibility index (Phi) is 5.29. The number of halogens is 2. The topological polar surface area (TPSA) is 49.9 Å². The van der Waals surface area contributed by atoms with E-state index >= 15 is 0 Å². The molecule has 0 aromatic heterocycles. The minimum Gasteiger partial charge on any atom is -0.460 e. The van der Waals surface area contributed by atoms with Crippen molar-refractivity contribution < 1.29 is 18.7 Å². The van der Waals surface area contributed by atoms with E-state index in [4.69, 9.17) is 4.74 Å². The molecular formula is C16H20BrFN2O3. The van der Waals surface area contributed by atoms with Gasteiger partial charge in [0, 0.05) is 24.1 Å². The van der Waals surface area contributed by atoms with E-state index < -0.39 is 11.4 Å². The number of rotatable bonds is 4. The van der Waals surface area contributed by atoms with Crippen LogP contribution in [0.1, 0.15) is 27.2 Å². The Balaban J connectivity index is 1.95. The number of hydrogen-bond donors (Lipinski definition) is 0. The smallest absolute Gasteiger partial charge is 0.324 e. The van der Waals surface area contributed by atoms with E-state index in [0.717, 1.165) is 0 Å². The van der Waals surface area contributed by atoms with Crippen LogP contribution in [0, 0.1) is 5.82 Å². The van der Waals surface area contributed by atoms with Crippen molar-refractivity contribution in [1.82, 2.24) is 4.90 Å². The van der Waals surface area contributed by atoms with Crippen molar-refractivity contribution in [3.8, 4) is 0 Å². The molecular weight excluding hydrogens is 367 g/mol. The van der Waals surface area contributed by atoms with Gasteiger partial charge in [-0.1, -0.05) is 15.9 Å². The minimum atomic E-state index is -0.543. The van der Waals surface area contributed by atoms with E-state index in [0.29, 0.717) is 17.6 Å². The Morgan fingerprint density at radius 2 is 2.04 bits per heavy atom. The molecule has 0 radical (unpaired) electrons. The van der Waals surface area contributed by atoms with E-state index in [1.165, 1.54) is 15.9 Å². The predicted molar refractivity (Wildman–Crippen MR) is 88.9 cm³/mol. The summed E-state index contributed by atoms with van der Waals surface area (Å²) >= 11 is 3.19. The lowest BCUT2D eigenvalue weighted by molar-refractivity contribution is -0.154. The first-order valence-corrected chi connectivity index (χ1v) is 8.20. The van der Waals surface area contributed by atoms with Crippen molar-refractivity contribution in [2.45, 2.75) is 32.8 Å². The Morgan fingerprint density at radius 3 is 2.65 bits per heavy atom. The van der Waals surface area contributed by atoms with Crippen LogP contribution in [0.4, 0.5) is 14.9 Å². The highest BCUT2D eigenvalue weighted by atomic mass is 79.9. The van der Waals surface area contributed by atoms with Gasteiger partial charge < -0.3 is 9.64 Å². The molecule has 7 heteroatoms. The van der Waals surface area contributed by atoms with Crippen LogP contribution in [0.2, 0.25) is 0 Å². The molecule has 0 N–H and O–H groups in total. The summed E-state index contributed by atoms with van der Waals surface area (Å²) in [5, 5.41) is 0. The summed E-state index contributed by atoms with van der Waals surface area (Å²) in [6.45, 7) is 6.50. The van der Waals surface area contributed by atoms with Crippen LogP contribution in [0.25, 0.3) is 0 Å². The minimum absolute atomic E-state index is 0.125. The van der Waals surface area contributed by atoms with Crippen molar-refractivity contribution in [1.29, 1.82) is 0 Å². The van der Waals surface area contributed by atoms with Crippen molar-refractivity contribution in [2.75, 3.05) is 24.5 Å². The summed E-state index contributed by atoms with van der Waals surface area (Å²) in [4.78, 5) is 27.0. The quantitative estimate of drug-likeness (QED) is 0.743. The molecule has 1 aliphatic rings. The lowest BCUT2D eigenvalue weighted by atomic mass is 10.2. The Labute approximate surface area is 143 Å². The predicted octanol–water partition coefficient (Wildman–Crippen LogP) is 3.56. The third kappa shape index (κ3) is 4.67. The van der Waals surface area contributed by atoms with Gasteiger partial charge in [0.25, 0.3) is 0 Å². The van der Waals surface area contributed by atoms with Crippen molar-refractivity contribution in [3.05, 3.63) is 28.5 Å². The second kappa shape index (κ2) is 6.86. The van der Waals surface area contributed by atoms with Gasteiger partial charge in [0.05, 0.1) is 12.1 Å². The van der Waals surface area contributed by atoms with Crippen molar-refractivity contribution >= 4 is 33.6 Å². The highest BCUT2D eigenvalue weighted by molar-refractivity contribution is 9.10. The molecule has 0 atom stereocenters. The summed E-state index contributed by atoms with van der Waals surface area (Å²) in [6, 6.07) is 4.28. The van der Waals surface area contributed by atoms with Crippen molar-refractivity contribution in [2.24, 2.45) is 0 Å². The lowest BCUT2D eigenvalue weighted by Crippen LogP contribution is -2.34. The van der Waals surface area contributed by atoms with E-state index in [1.807, 2.05) is 0 Å². The first-order chi connectivity index (χ1) is 10.7. The van der Waals surface area contributed by atoms with Gasteiger partial charge in [-0.3, -0.25) is 9.69 Å². The molecule has 5 nitrogen and oxygen atoms in total. The van der Waals surface area contributed by atoms with Crippen LogP contribution >= 0.6 is 15.9 Å². The van der Waals surface area contributed by atoms with Crippen LogP contribution in [-0.4, -0.2) is 42.1 Å². The molecule has 1 aromatic rings. The second-order valence-electron chi connectivity index (χ2n) is 6.35. The van der Waals surface area contributed by atoms with Gasteiger partial charge in [-0.25, -0.2) is 9.18 Å². The summed E-state index contributed by atoms with van der Waals surface area (Å²) in [7, 11) is 0. The highest BCUT2D eigenvalue weighted by Gasteiger charge is 2.31. The van der Waals surface area contributed by atoms with E-state index in [9.17, 15) is 14.0 Å². The molecule has 1 aliphatic heterocycles. The van der Waals surface area contributed by atoms with E-state index in [1.54, 1.807) is 32.9 Å². The van der Waals surface area contributed by atoms with Gasteiger partial charge in [-0.2, -0.15) is 0 Å². The fourth-order valence-electron chi connectivity index (χ4n) is 2.33. The second-order valence-corrected chi connectivity index (χ2v) is 7.27. The zero-order valence-electron chi connectivity index (χ0n) is 13.4. The standard InChI is InChI=1S/C16H20BrFN2O3/c1-16(2,3)23-14(21)6-7-19-8-9-20(15(19)22)13-5-4-11(17)10-12(13)18/h4-5,10H,6-9H2,1-3H3. The lowest BCUT2D eigenvalue weighted by Gasteiger charge is -2.21. The molecule has 1 aromatic carbocycles. The third-order valence-corrected chi connectivity index (χ3v) is 3.79. The summed E-state index contributed by atoms with van der Waals surface area (Å²) < 4.78 is 19.8. The molecule has 0 unspecified atom stereocenters. The fourth-order valence-corrected chi connectivity index (χ4v) is 2.67. The summed E-state index contributed by atoms with van der Waals surface area (Å²) in [5.41, 5.74) is -0.295. The van der Waals surface area contributed by atoms with Gasteiger partial charge in [-0.15, -0.1) is 0 Å². The summed E-state index contributed by atoms with van der Waals surface area (Å²) in [5.74, 6) is -0.805. The molecule has 0 saturated carbocycles. The number of carbonyl (C=O) groups excluding carboxylic acids is 2. The average molecular weight is 387 g/mol. The average Bonchev–Trinajstić information content (AvgIpc) is 2.76. The number of carbonyl (C=O) groups is 2. The van der Waals surface area contributed by atoms with Gasteiger partial charge >= 0.3 is 12.0 Å². The monoisotopic (exact) mass is 386 g/mol. The fraction of sp³-hybridized carbons (Fsp3) is 0.500. The normalized spacial score (nSPS) is 15.3. The molecule has 0 aliphatic carbocycles. The van der Waals surface area contributed by atoms with E-state index in [2.05, 4.69) is 15.9 Å². The van der Waals surface area contributed by atoms with Crippen LogP contribution in [0.3, 0.4) is 0 Å². The van der Waals surface area contributed by atoms with Gasteiger partial charge in [0.15, 0.2) is 0 Å².